The molecule has 0 aliphatic heterocycles. The first kappa shape index (κ1) is 19.8. The first-order valence-corrected chi connectivity index (χ1v) is 8.86. The molecule has 2 aromatic carbocycles. The molecule has 7 nitrogen and oxygen atoms in total. The topological polar surface area (TPSA) is 101 Å². The number of rotatable bonds is 5. The van der Waals surface area contributed by atoms with Crippen LogP contribution in [0.15, 0.2) is 30.3 Å². The highest BCUT2D eigenvalue weighted by molar-refractivity contribution is 14.1. The second-order valence-corrected chi connectivity index (χ2v) is 7.09. The molecule has 26 heavy (non-hydrogen) atoms. The number of non-ortho nitro benzene ring substituents is 1. The third-order valence-electron chi connectivity index (χ3n) is 3.76. The number of aryl methyl sites for hydroxylation is 3. The van der Waals surface area contributed by atoms with Gasteiger partial charge >= 0.3 is 0 Å². The second kappa shape index (κ2) is 8.26. The van der Waals surface area contributed by atoms with Gasteiger partial charge in [0.25, 0.3) is 11.6 Å². The molecule has 0 heterocycles. The summed E-state index contributed by atoms with van der Waals surface area (Å²) in [6.07, 6.45) is 0. The Morgan fingerprint density at radius 1 is 1.12 bits per heavy atom. The number of nitro groups is 1. The summed E-state index contributed by atoms with van der Waals surface area (Å²) in [5.41, 5.74) is 3.69. The fraction of sp³-hybridized carbons (Fsp3) is 0.222. The van der Waals surface area contributed by atoms with E-state index in [0.29, 0.717) is 3.57 Å². The zero-order valence-electron chi connectivity index (χ0n) is 14.6. The molecule has 2 aromatic rings. The number of hydrogen-bond acceptors (Lipinski definition) is 4. The summed E-state index contributed by atoms with van der Waals surface area (Å²) in [6, 6.07) is 7.95. The molecule has 0 aromatic heterocycles. The van der Waals surface area contributed by atoms with Gasteiger partial charge in [-0.25, -0.2) is 0 Å². The molecule has 8 heteroatoms. The van der Waals surface area contributed by atoms with Gasteiger partial charge < -0.3 is 10.6 Å². The van der Waals surface area contributed by atoms with Crippen LogP contribution in [0.5, 0.6) is 0 Å². The largest absolute Gasteiger partial charge is 0.343 e. The van der Waals surface area contributed by atoms with Gasteiger partial charge in [-0.05, 0) is 60.6 Å². The molecule has 0 bridgehead atoms. The SMILES string of the molecule is Cc1cc(C)c(NC(=O)CNC(=O)c2cc([N+](=O)[O-])ccc2I)c(C)c1. The number of carbonyl (C=O) groups is 2. The fourth-order valence-electron chi connectivity index (χ4n) is 2.62. The predicted octanol–water partition coefficient (Wildman–Crippen LogP) is 3.49. The lowest BCUT2D eigenvalue weighted by molar-refractivity contribution is -0.384. The van der Waals surface area contributed by atoms with Crippen LogP contribution in [0.1, 0.15) is 27.0 Å². The van der Waals surface area contributed by atoms with Crippen molar-refractivity contribution in [3.8, 4) is 0 Å². The Balaban J connectivity index is 2.05. The Hall–Kier alpha value is -2.49. The lowest BCUT2D eigenvalue weighted by Gasteiger charge is -2.13. The van der Waals surface area contributed by atoms with Gasteiger partial charge in [0.2, 0.25) is 5.91 Å². The van der Waals surface area contributed by atoms with E-state index in [1.165, 1.54) is 18.2 Å². The maximum atomic E-state index is 12.3. The molecule has 0 atom stereocenters. The van der Waals surface area contributed by atoms with Crippen LogP contribution in [-0.2, 0) is 4.79 Å². The van der Waals surface area contributed by atoms with Gasteiger partial charge in [-0.1, -0.05) is 17.7 Å². The number of amides is 2. The zero-order valence-corrected chi connectivity index (χ0v) is 16.7. The summed E-state index contributed by atoms with van der Waals surface area (Å²) >= 11 is 1.92. The molecule has 0 radical (unpaired) electrons. The molecule has 0 saturated carbocycles. The van der Waals surface area contributed by atoms with Crippen molar-refractivity contribution in [2.24, 2.45) is 0 Å². The summed E-state index contributed by atoms with van der Waals surface area (Å²) in [4.78, 5) is 34.7. The fourth-order valence-corrected chi connectivity index (χ4v) is 3.20. The molecule has 0 unspecified atom stereocenters. The van der Waals surface area contributed by atoms with Crippen molar-refractivity contribution in [3.05, 3.63) is 66.3 Å². The minimum Gasteiger partial charge on any atom is -0.343 e. The van der Waals surface area contributed by atoms with E-state index in [2.05, 4.69) is 10.6 Å². The summed E-state index contributed by atoms with van der Waals surface area (Å²) in [5, 5.41) is 16.1. The first-order chi connectivity index (χ1) is 12.2. The van der Waals surface area contributed by atoms with Crippen molar-refractivity contribution in [1.82, 2.24) is 5.32 Å². The molecule has 0 fully saturated rings. The molecule has 136 valence electrons. The average Bonchev–Trinajstić information content (AvgIpc) is 2.56. The quantitative estimate of drug-likeness (QED) is 0.400. The van der Waals surface area contributed by atoms with Crippen LogP contribution in [0.2, 0.25) is 0 Å². The minimum absolute atomic E-state index is 0.162. The van der Waals surface area contributed by atoms with Crippen LogP contribution in [0.4, 0.5) is 11.4 Å². The predicted molar refractivity (Wildman–Crippen MR) is 107 cm³/mol. The lowest BCUT2D eigenvalue weighted by atomic mass is 10.1. The molecule has 0 aliphatic rings. The van der Waals surface area contributed by atoms with Gasteiger partial charge in [0, 0.05) is 21.4 Å². The molecule has 0 saturated heterocycles. The zero-order chi connectivity index (χ0) is 19.4. The van der Waals surface area contributed by atoms with Crippen LogP contribution >= 0.6 is 22.6 Å². The molecule has 0 spiro atoms. The summed E-state index contributed by atoms with van der Waals surface area (Å²) in [5.74, 6) is -0.903. The standard InChI is InChI=1S/C18H18IN3O4/c1-10-6-11(2)17(12(3)7-10)21-16(23)9-20-18(24)14-8-13(22(25)26)4-5-15(14)19/h4-8H,9H2,1-3H3,(H,20,24)(H,21,23). The molecule has 0 aliphatic carbocycles. The highest BCUT2D eigenvalue weighted by atomic mass is 127. The number of halogens is 1. The number of carbonyl (C=O) groups excluding carboxylic acids is 2. The van der Waals surface area contributed by atoms with Crippen molar-refractivity contribution in [3.63, 3.8) is 0 Å². The van der Waals surface area contributed by atoms with Gasteiger partial charge in [-0.3, -0.25) is 19.7 Å². The van der Waals surface area contributed by atoms with Gasteiger partial charge in [0.15, 0.2) is 0 Å². The number of anilines is 1. The number of nitrogens with zero attached hydrogens (tertiary/aromatic N) is 1. The molecular weight excluding hydrogens is 449 g/mol. The third-order valence-corrected chi connectivity index (χ3v) is 4.70. The third kappa shape index (κ3) is 4.78. The number of hydrogen-bond donors (Lipinski definition) is 2. The van der Waals surface area contributed by atoms with Crippen LogP contribution in [0, 0.1) is 34.5 Å². The van der Waals surface area contributed by atoms with Crippen LogP contribution < -0.4 is 10.6 Å². The minimum atomic E-state index is -0.567. The van der Waals surface area contributed by atoms with E-state index in [0.717, 1.165) is 22.4 Å². The van der Waals surface area contributed by atoms with Gasteiger partial charge in [0.1, 0.15) is 0 Å². The second-order valence-electron chi connectivity index (χ2n) is 5.93. The number of nitrogens with one attached hydrogen (secondary N) is 2. The summed E-state index contributed by atoms with van der Waals surface area (Å²) < 4.78 is 0.566. The van der Waals surface area contributed by atoms with Crippen molar-refractivity contribution in [2.45, 2.75) is 20.8 Å². The Bertz CT molecular complexity index is 873. The van der Waals surface area contributed by atoms with E-state index in [9.17, 15) is 19.7 Å². The van der Waals surface area contributed by atoms with E-state index in [1.54, 1.807) is 0 Å². The maximum absolute atomic E-state index is 12.3. The highest BCUT2D eigenvalue weighted by Gasteiger charge is 2.16. The number of nitro benzene ring substituents is 1. The lowest BCUT2D eigenvalue weighted by Crippen LogP contribution is -2.33. The average molecular weight is 467 g/mol. The van der Waals surface area contributed by atoms with Crippen molar-refractivity contribution >= 4 is 45.8 Å². The smallest absolute Gasteiger partial charge is 0.270 e. The van der Waals surface area contributed by atoms with Crippen molar-refractivity contribution in [2.75, 3.05) is 11.9 Å². The van der Waals surface area contributed by atoms with Crippen LogP contribution in [0.25, 0.3) is 0 Å². The monoisotopic (exact) mass is 467 g/mol. The summed E-state index contributed by atoms with van der Waals surface area (Å²) in [6.45, 7) is 5.55. The van der Waals surface area contributed by atoms with Crippen LogP contribution in [0.3, 0.4) is 0 Å². The Morgan fingerprint density at radius 2 is 1.73 bits per heavy atom. The number of benzene rings is 2. The Morgan fingerprint density at radius 3 is 2.31 bits per heavy atom. The molecule has 2 rings (SSSR count). The van der Waals surface area contributed by atoms with E-state index in [-0.39, 0.29) is 23.7 Å². The van der Waals surface area contributed by atoms with E-state index in [1.807, 2.05) is 55.5 Å². The summed E-state index contributed by atoms with van der Waals surface area (Å²) in [7, 11) is 0. The molecule has 2 N–H and O–H groups in total. The van der Waals surface area contributed by atoms with Crippen molar-refractivity contribution < 1.29 is 14.5 Å². The Kier molecular flexibility index (Phi) is 6.30. The van der Waals surface area contributed by atoms with Crippen molar-refractivity contribution in [1.29, 1.82) is 0 Å². The molecular formula is C18H18IN3O4. The molecule has 2 amide bonds. The van der Waals surface area contributed by atoms with Crippen LogP contribution in [-0.4, -0.2) is 23.3 Å². The van der Waals surface area contributed by atoms with Gasteiger partial charge in [-0.2, -0.15) is 0 Å². The van der Waals surface area contributed by atoms with Gasteiger partial charge in [-0.15, -0.1) is 0 Å². The normalized spacial score (nSPS) is 10.3. The Labute approximate surface area is 164 Å². The van der Waals surface area contributed by atoms with Gasteiger partial charge in [0.05, 0.1) is 17.0 Å². The highest BCUT2D eigenvalue weighted by Crippen LogP contribution is 2.22. The van der Waals surface area contributed by atoms with E-state index < -0.39 is 10.8 Å². The first-order valence-electron chi connectivity index (χ1n) is 7.79. The van der Waals surface area contributed by atoms with E-state index in [4.69, 9.17) is 0 Å². The van der Waals surface area contributed by atoms with E-state index >= 15 is 0 Å². The maximum Gasteiger partial charge on any atom is 0.270 e.